The molecule has 1 aromatic heterocycles. The number of methoxy groups -OCH3 is 1. The molecule has 0 amide bonds. The Labute approximate surface area is 131 Å². The summed E-state index contributed by atoms with van der Waals surface area (Å²) in [5.74, 6) is -0.372. The number of nitrogens with one attached hydrogen (secondary N) is 2. The molecular formula is C14H13N3O2S2. The Kier molecular flexibility index (Phi) is 5.42. The summed E-state index contributed by atoms with van der Waals surface area (Å²) >= 11 is 6.70. The number of hydrogen-bond donors (Lipinski definition) is 2. The summed E-state index contributed by atoms with van der Waals surface area (Å²) in [4.78, 5) is 12.3. The molecule has 0 atom stereocenters. The lowest BCUT2D eigenvalue weighted by molar-refractivity contribution is 0.0601. The zero-order valence-electron chi connectivity index (χ0n) is 11.2. The first-order chi connectivity index (χ1) is 10.2. The van der Waals surface area contributed by atoms with Crippen LogP contribution >= 0.6 is 23.6 Å². The van der Waals surface area contributed by atoms with Gasteiger partial charge in [-0.2, -0.15) is 5.10 Å². The van der Waals surface area contributed by atoms with Crippen LogP contribution in [0.3, 0.4) is 0 Å². The van der Waals surface area contributed by atoms with Crippen LogP contribution in [-0.2, 0) is 4.74 Å². The second-order valence-corrected chi connectivity index (χ2v) is 5.30. The highest BCUT2D eigenvalue weighted by Gasteiger charge is 2.04. The lowest BCUT2D eigenvalue weighted by Gasteiger charge is -2.07. The molecule has 2 N–H and O–H groups in total. The van der Waals surface area contributed by atoms with Crippen LogP contribution < -0.4 is 10.7 Å². The second kappa shape index (κ2) is 7.51. The van der Waals surface area contributed by atoms with Gasteiger partial charge in [0, 0.05) is 10.6 Å². The van der Waals surface area contributed by atoms with Gasteiger partial charge in [-0.1, -0.05) is 6.07 Å². The van der Waals surface area contributed by atoms with Gasteiger partial charge < -0.3 is 10.1 Å². The number of thiocarbonyl (C=S) groups is 1. The molecular weight excluding hydrogens is 306 g/mol. The molecule has 7 heteroatoms. The van der Waals surface area contributed by atoms with E-state index in [1.807, 2.05) is 17.5 Å². The van der Waals surface area contributed by atoms with Gasteiger partial charge in [0.15, 0.2) is 5.11 Å². The Bertz CT molecular complexity index is 637. The fourth-order valence-electron chi connectivity index (χ4n) is 1.49. The maximum atomic E-state index is 11.3. The van der Waals surface area contributed by atoms with Crippen LogP contribution in [0, 0.1) is 0 Å². The van der Waals surface area contributed by atoms with Gasteiger partial charge in [-0.15, -0.1) is 11.3 Å². The maximum absolute atomic E-state index is 11.3. The average Bonchev–Trinajstić information content (AvgIpc) is 3.00. The number of nitrogens with zero attached hydrogens (tertiary/aromatic N) is 1. The van der Waals surface area contributed by atoms with E-state index in [0.29, 0.717) is 10.7 Å². The van der Waals surface area contributed by atoms with Crippen LogP contribution in [0.4, 0.5) is 5.69 Å². The number of hydrogen-bond acceptors (Lipinski definition) is 5. The summed E-state index contributed by atoms with van der Waals surface area (Å²) in [6, 6.07) is 10.7. The number of hydrazone groups is 1. The van der Waals surface area contributed by atoms with Crippen molar-refractivity contribution >= 4 is 46.5 Å². The molecule has 0 fully saturated rings. The minimum absolute atomic E-state index is 0.369. The lowest BCUT2D eigenvalue weighted by atomic mass is 10.2. The number of carbonyl (C=O) groups excluding carboxylic acids is 1. The first-order valence-corrected chi connectivity index (χ1v) is 7.30. The predicted octanol–water partition coefficient (Wildman–Crippen LogP) is 2.86. The van der Waals surface area contributed by atoms with Crippen LogP contribution in [0.25, 0.3) is 0 Å². The van der Waals surface area contributed by atoms with E-state index in [1.54, 1.807) is 41.8 Å². The van der Waals surface area contributed by atoms with Gasteiger partial charge in [0.2, 0.25) is 0 Å². The Morgan fingerprint density at radius 2 is 2.10 bits per heavy atom. The van der Waals surface area contributed by atoms with Crippen molar-refractivity contribution in [3.8, 4) is 0 Å². The van der Waals surface area contributed by atoms with Crippen LogP contribution in [0.1, 0.15) is 15.2 Å². The molecule has 108 valence electrons. The molecule has 0 aliphatic heterocycles. The zero-order valence-corrected chi connectivity index (χ0v) is 12.8. The molecule has 0 aliphatic carbocycles. The standard InChI is InChI=1S/C14H13N3O2S2/c1-19-13(18)10-4-6-11(7-5-10)16-14(20)17-15-9-12-3-2-8-21-12/h2-9H,1H3,(H2,16,17,20). The molecule has 0 saturated carbocycles. The van der Waals surface area contributed by atoms with Gasteiger partial charge >= 0.3 is 5.97 Å². The molecule has 0 aliphatic rings. The van der Waals surface area contributed by atoms with E-state index in [1.165, 1.54) is 7.11 Å². The highest BCUT2D eigenvalue weighted by molar-refractivity contribution is 7.80. The van der Waals surface area contributed by atoms with Gasteiger partial charge in [0.25, 0.3) is 0 Å². The summed E-state index contributed by atoms with van der Waals surface area (Å²) in [5.41, 5.74) is 3.96. The fourth-order valence-corrected chi connectivity index (χ4v) is 2.24. The third kappa shape index (κ3) is 4.66. The van der Waals surface area contributed by atoms with Crippen molar-refractivity contribution in [2.45, 2.75) is 0 Å². The number of carbonyl (C=O) groups is 1. The predicted molar refractivity (Wildman–Crippen MR) is 89.1 cm³/mol. The number of anilines is 1. The monoisotopic (exact) mass is 319 g/mol. The van der Waals surface area contributed by atoms with Crippen molar-refractivity contribution in [2.75, 3.05) is 12.4 Å². The number of ether oxygens (including phenoxy) is 1. The zero-order chi connectivity index (χ0) is 15.1. The number of thiophene rings is 1. The van der Waals surface area contributed by atoms with Gasteiger partial charge in [0.1, 0.15) is 0 Å². The summed E-state index contributed by atoms with van der Waals surface area (Å²) < 4.78 is 4.63. The van der Waals surface area contributed by atoms with Crippen molar-refractivity contribution in [1.29, 1.82) is 0 Å². The van der Waals surface area contributed by atoms with Crippen LogP contribution in [0.15, 0.2) is 46.9 Å². The number of benzene rings is 1. The highest BCUT2D eigenvalue weighted by Crippen LogP contribution is 2.10. The first-order valence-electron chi connectivity index (χ1n) is 6.01. The first kappa shape index (κ1) is 15.1. The quantitative estimate of drug-likeness (QED) is 0.393. The SMILES string of the molecule is COC(=O)c1ccc(NC(=S)NN=Cc2cccs2)cc1. The van der Waals surface area contributed by atoms with Crippen molar-refractivity contribution in [3.63, 3.8) is 0 Å². The largest absolute Gasteiger partial charge is 0.465 e. The molecule has 2 rings (SSSR count). The fraction of sp³-hybridized carbons (Fsp3) is 0.0714. The smallest absolute Gasteiger partial charge is 0.337 e. The van der Waals surface area contributed by atoms with E-state index < -0.39 is 0 Å². The third-order valence-corrected chi connectivity index (χ3v) is 3.47. The summed E-state index contributed by atoms with van der Waals surface area (Å²) in [6.45, 7) is 0. The van der Waals surface area contributed by atoms with E-state index in [9.17, 15) is 4.79 Å². The van der Waals surface area contributed by atoms with E-state index in [0.717, 1.165) is 10.6 Å². The van der Waals surface area contributed by atoms with E-state index >= 15 is 0 Å². The van der Waals surface area contributed by atoms with Gasteiger partial charge in [0.05, 0.1) is 18.9 Å². The lowest BCUT2D eigenvalue weighted by Crippen LogP contribution is -2.23. The van der Waals surface area contributed by atoms with Crippen molar-refractivity contribution in [2.24, 2.45) is 5.10 Å². The van der Waals surface area contributed by atoms with Crippen LogP contribution in [0.5, 0.6) is 0 Å². The minimum Gasteiger partial charge on any atom is -0.465 e. The molecule has 2 aromatic rings. The third-order valence-electron chi connectivity index (χ3n) is 2.46. The van der Waals surface area contributed by atoms with Gasteiger partial charge in [-0.05, 0) is 47.9 Å². The molecule has 0 radical (unpaired) electrons. The number of esters is 1. The summed E-state index contributed by atoms with van der Waals surface area (Å²) in [7, 11) is 1.35. The maximum Gasteiger partial charge on any atom is 0.337 e. The Morgan fingerprint density at radius 3 is 2.71 bits per heavy atom. The number of rotatable bonds is 4. The molecule has 0 unspecified atom stereocenters. The van der Waals surface area contributed by atoms with Crippen LogP contribution in [-0.4, -0.2) is 24.4 Å². The van der Waals surface area contributed by atoms with E-state index in [-0.39, 0.29) is 5.97 Å². The summed E-state index contributed by atoms with van der Waals surface area (Å²) in [6.07, 6.45) is 1.69. The summed E-state index contributed by atoms with van der Waals surface area (Å²) in [5, 5.41) is 9.33. The van der Waals surface area contributed by atoms with E-state index in [4.69, 9.17) is 12.2 Å². The topological polar surface area (TPSA) is 62.7 Å². The molecule has 1 heterocycles. The highest BCUT2D eigenvalue weighted by atomic mass is 32.1. The molecule has 0 bridgehead atoms. The van der Waals surface area contributed by atoms with Crippen molar-refractivity contribution < 1.29 is 9.53 Å². The normalized spacial score (nSPS) is 10.3. The Hall–Kier alpha value is -2.25. The van der Waals surface area contributed by atoms with E-state index in [2.05, 4.69) is 20.6 Å². The molecule has 1 aromatic carbocycles. The van der Waals surface area contributed by atoms with Gasteiger partial charge in [-0.25, -0.2) is 4.79 Å². The molecule has 21 heavy (non-hydrogen) atoms. The molecule has 0 saturated heterocycles. The average molecular weight is 319 g/mol. The Balaban J connectivity index is 1.86. The van der Waals surface area contributed by atoms with Gasteiger partial charge in [-0.3, -0.25) is 5.43 Å². The van der Waals surface area contributed by atoms with Crippen molar-refractivity contribution in [1.82, 2.24) is 5.43 Å². The second-order valence-electron chi connectivity index (χ2n) is 3.91. The molecule has 5 nitrogen and oxygen atoms in total. The Morgan fingerprint density at radius 1 is 1.33 bits per heavy atom. The van der Waals surface area contributed by atoms with Crippen molar-refractivity contribution in [3.05, 3.63) is 52.2 Å². The molecule has 0 spiro atoms. The van der Waals surface area contributed by atoms with Crippen LogP contribution in [0.2, 0.25) is 0 Å². The minimum atomic E-state index is -0.372.